The van der Waals surface area contributed by atoms with Gasteiger partial charge in [0.15, 0.2) is 0 Å². The van der Waals surface area contributed by atoms with Crippen molar-refractivity contribution in [2.24, 2.45) is 0 Å². The highest BCUT2D eigenvalue weighted by Gasteiger charge is 2.43. The molecule has 0 heterocycles. The Bertz CT molecular complexity index is 439. The number of carboxylic acids is 1. The summed E-state index contributed by atoms with van der Waals surface area (Å²) in [6.45, 7) is 0. The van der Waals surface area contributed by atoms with E-state index >= 15 is 0 Å². The Labute approximate surface area is 104 Å². The Morgan fingerprint density at radius 3 is 2.53 bits per heavy atom. The Kier molecular flexibility index (Phi) is 3.43. The molecule has 2 rings (SSSR count). The van der Waals surface area contributed by atoms with Crippen LogP contribution in [-0.4, -0.2) is 17.3 Å². The number of aliphatic carboxylic acids is 1. The minimum Gasteiger partial charge on any atom is -0.481 e. The summed E-state index contributed by atoms with van der Waals surface area (Å²) in [5.41, 5.74) is -0.254. The van der Waals surface area contributed by atoms with Crippen LogP contribution in [0.4, 0.5) is 4.39 Å². The summed E-state index contributed by atoms with van der Waals surface area (Å²) in [5.74, 6) is -1.14. The third-order valence-corrected chi connectivity index (χ3v) is 4.34. The van der Waals surface area contributed by atoms with Gasteiger partial charge in [-0.1, -0.05) is 18.9 Å². The van der Waals surface area contributed by atoms with Crippen molar-refractivity contribution >= 4 is 17.7 Å². The van der Waals surface area contributed by atoms with Crippen LogP contribution >= 0.6 is 11.8 Å². The molecule has 1 aromatic carbocycles. The van der Waals surface area contributed by atoms with Crippen LogP contribution in [0.1, 0.15) is 31.2 Å². The maximum absolute atomic E-state index is 13.7. The molecule has 1 aliphatic rings. The number of hydrogen-bond acceptors (Lipinski definition) is 2. The van der Waals surface area contributed by atoms with Crippen molar-refractivity contribution in [3.8, 4) is 0 Å². The molecule has 1 N–H and O–H groups in total. The van der Waals surface area contributed by atoms with E-state index in [4.69, 9.17) is 0 Å². The summed E-state index contributed by atoms with van der Waals surface area (Å²) in [6, 6.07) is 4.83. The molecule has 0 amide bonds. The van der Waals surface area contributed by atoms with Crippen molar-refractivity contribution in [1.29, 1.82) is 0 Å². The molecule has 0 aromatic heterocycles. The van der Waals surface area contributed by atoms with Crippen LogP contribution < -0.4 is 0 Å². The zero-order chi connectivity index (χ0) is 12.5. The van der Waals surface area contributed by atoms with Crippen molar-refractivity contribution in [2.45, 2.75) is 36.0 Å². The van der Waals surface area contributed by atoms with Crippen LogP contribution in [0.15, 0.2) is 23.1 Å². The molecule has 0 spiro atoms. The van der Waals surface area contributed by atoms with E-state index in [9.17, 15) is 14.3 Å². The lowest BCUT2D eigenvalue weighted by Gasteiger charge is -2.24. The molecule has 0 atom stereocenters. The SMILES string of the molecule is CSc1ccc(C2(C(=O)O)CCCC2)cc1F. The quantitative estimate of drug-likeness (QED) is 0.839. The molecule has 1 fully saturated rings. The molecular formula is C13H15FO2S. The zero-order valence-corrected chi connectivity index (χ0v) is 10.5. The van der Waals surface area contributed by atoms with E-state index in [2.05, 4.69) is 0 Å². The number of rotatable bonds is 3. The summed E-state index contributed by atoms with van der Waals surface area (Å²) < 4.78 is 13.7. The fraction of sp³-hybridized carbons (Fsp3) is 0.462. The van der Waals surface area contributed by atoms with Gasteiger partial charge in [-0.2, -0.15) is 0 Å². The largest absolute Gasteiger partial charge is 0.481 e. The van der Waals surface area contributed by atoms with Gasteiger partial charge in [0.2, 0.25) is 0 Å². The first-order valence-electron chi connectivity index (χ1n) is 5.67. The maximum atomic E-state index is 13.7. The van der Waals surface area contributed by atoms with E-state index in [1.807, 2.05) is 0 Å². The Morgan fingerprint density at radius 2 is 2.06 bits per heavy atom. The van der Waals surface area contributed by atoms with Gasteiger partial charge in [0, 0.05) is 4.90 Å². The second-order valence-corrected chi connectivity index (χ2v) is 5.29. The number of thioether (sulfide) groups is 1. The predicted octanol–water partition coefficient (Wildman–Crippen LogP) is 3.44. The second kappa shape index (κ2) is 4.69. The third kappa shape index (κ3) is 2.06. The fourth-order valence-corrected chi connectivity index (χ4v) is 3.03. The van der Waals surface area contributed by atoms with Crippen molar-refractivity contribution in [2.75, 3.05) is 6.26 Å². The smallest absolute Gasteiger partial charge is 0.314 e. The van der Waals surface area contributed by atoms with Crippen LogP contribution in [0.5, 0.6) is 0 Å². The van der Waals surface area contributed by atoms with Crippen LogP contribution in [0.2, 0.25) is 0 Å². The normalized spacial score (nSPS) is 18.2. The predicted molar refractivity (Wildman–Crippen MR) is 66.0 cm³/mol. The number of carbonyl (C=O) groups is 1. The van der Waals surface area contributed by atoms with Crippen molar-refractivity contribution in [3.05, 3.63) is 29.6 Å². The first kappa shape index (κ1) is 12.4. The third-order valence-electron chi connectivity index (χ3n) is 3.57. The highest BCUT2D eigenvalue weighted by atomic mass is 32.2. The van der Waals surface area contributed by atoms with Gasteiger partial charge in [0.1, 0.15) is 5.82 Å². The maximum Gasteiger partial charge on any atom is 0.314 e. The van der Waals surface area contributed by atoms with Crippen LogP contribution in [0, 0.1) is 5.82 Å². The molecule has 0 saturated heterocycles. The summed E-state index contributed by atoms with van der Waals surface area (Å²) in [7, 11) is 0. The van der Waals surface area contributed by atoms with Crippen molar-refractivity contribution < 1.29 is 14.3 Å². The van der Waals surface area contributed by atoms with Crippen molar-refractivity contribution in [1.82, 2.24) is 0 Å². The lowest BCUT2D eigenvalue weighted by atomic mass is 9.79. The Hall–Kier alpha value is -1.03. The average Bonchev–Trinajstić information content (AvgIpc) is 2.79. The molecular weight excluding hydrogens is 239 g/mol. The molecule has 17 heavy (non-hydrogen) atoms. The highest BCUT2D eigenvalue weighted by Crippen LogP contribution is 2.42. The Morgan fingerprint density at radius 1 is 1.41 bits per heavy atom. The van der Waals surface area contributed by atoms with E-state index in [1.54, 1.807) is 18.4 Å². The molecule has 0 bridgehead atoms. The molecule has 2 nitrogen and oxygen atoms in total. The topological polar surface area (TPSA) is 37.3 Å². The molecule has 92 valence electrons. The van der Waals surface area contributed by atoms with E-state index in [-0.39, 0.29) is 5.82 Å². The number of benzene rings is 1. The first-order chi connectivity index (χ1) is 8.10. The van der Waals surface area contributed by atoms with Crippen LogP contribution in [-0.2, 0) is 10.2 Å². The van der Waals surface area contributed by atoms with Gasteiger partial charge in [-0.15, -0.1) is 11.8 Å². The molecule has 0 radical (unpaired) electrons. The van der Waals surface area contributed by atoms with Crippen LogP contribution in [0.3, 0.4) is 0 Å². The molecule has 0 unspecified atom stereocenters. The molecule has 4 heteroatoms. The van der Waals surface area contributed by atoms with Gasteiger partial charge in [-0.05, 0) is 36.8 Å². The van der Waals surface area contributed by atoms with E-state index in [0.29, 0.717) is 23.3 Å². The summed E-state index contributed by atoms with van der Waals surface area (Å²) in [6.07, 6.45) is 4.83. The minimum atomic E-state index is -0.863. The second-order valence-electron chi connectivity index (χ2n) is 4.44. The van der Waals surface area contributed by atoms with Gasteiger partial charge in [-0.3, -0.25) is 4.79 Å². The van der Waals surface area contributed by atoms with Gasteiger partial charge in [0.05, 0.1) is 5.41 Å². The van der Waals surface area contributed by atoms with E-state index in [1.165, 1.54) is 17.8 Å². The lowest BCUT2D eigenvalue weighted by molar-refractivity contribution is -0.143. The molecule has 1 aromatic rings. The molecule has 0 aliphatic heterocycles. The summed E-state index contributed by atoms with van der Waals surface area (Å²) in [5, 5.41) is 9.41. The monoisotopic (exact) mass is 254 g/mol. The van der Waals surface area contributed by atoms with Gasteiger partial charge in [0.25, 0.3) is 0 Å². The Balaban J connectivity index is 2.44. The summed E-state index contributed by atoms with van der Waals surface area (Å²) >= 11 is 1.33. The summed E-state index contributed by atoms with van der Waals surface area (Å²) in [4.78, 5) is 12.0. The highest BCUT2D eigenvalue weighted by molar-refractivity contribution is 7.98. The number of halogens is 1. The molecule has 1 aliphatic carbocycles. The zero-order valence-electron chi connectivity index (χ0n) is 9.70. The van der Waals surface area contributed by atoms with Crippen LogP contribution in [0.25, 0.3) is 0 Å². The number of carboxylic acid groups (broad SMARTS) is 1. The van der Waals surface area contributed by atoms with E-state index in [0.717, 1.165) is 12.8 Å². The number of hydrogen-bond donors (Lipinski definition) is 1. The fourth-order valence-electron chi connectivity index (χ4n) is 2.57. The van der Waals surface area contributed by atoms with Gasteiger partial charge in [-0.25, -0.2) is 4.39 Å². The standard InChI is InChI=1S/C13H15FO2S/c1-17-11-5-4-9(8-10(11)14)13(12(15)16)6-2-3-7-13/h4-5,8H,2-3,6-7H2,1H3,(H,15,16). The average molecular weight is 254 g/mol. The first-order valence-corrected chi connectivity index (χ1v) is 6.90. The van der Waals surface area contributed by atoms with Gasteiger partial charge >= 0.3 is 5.97 Å². The van der Waals surface area contributed by atoms with E-state index < -0.39 is 11.4 Å². The minimum absolute atomic E-state index is 0.317. The lowest BCUT2D eigenvalue weighted by Crippen LogP contribution is -2.32. The van der Waals surface area contributed by atoms with Gasteiger partial charge < -0.3 is 5.11 Å². The molecule has 1 saturated carbocycles. The van der Waals surface area contributed by atoms with Crippen molar-refractivity contribution in [3.63, 3.8) is 0 Å².